The molecule has 0 aliphatic heterocycles. The summed E-state index contributed by atoms with van der Waals surface area (Å²) in [6, 6.07) is 6.53. The first kappa shape index (κ1) is 18.4. The molecular formula is C15H16ClN5O4. The number of nitrogens with zero attached hydrogens (tertiary/aromatic N) is 3. The number of anilines is 3. The number of hydrogen-bond donors (Lipinski definition) is 2. The van der Waals surface area contributed by atoms with Gasteiger partial charge < -0.3 is 10.1 Å². The minimum Gasteiger partial charge on any atom is -0.444 e. The molecule has 0 unspecified atom stereocenters. The molecule has 1 heterocycles. The van der Waals surface area contributed by atoms with Crippen LogP contribution in [0.4, 0.5) is 27.7 Å². The van der Waals surface area contributed by atoms with Crippen LogP contribution in [0.2, 0.25) is 5.28 Å². The molecule has 1 aromatic heterocycles. The first-order valence-corrected chi connectivity index (χ1v) is 7.56. The van der Waals surface area contributed by atoms with E-state index in [0.717, 1.165) is 6.20 Å². The Hall–Kier alpha value is -2.94. The molecule has 0 saturated heterocycles. The highest BCUT2D eigenvalue weighted by Gasteiger charge is 2.18. The first-order valence-electron chi connectivity index (χ1n) is 7.18. The summed E-state index contributed by atoms with van der Waals surface area (Å²) in [4.78, 5) is 29.6. The van der Waals surface area contributed by atoms with E-state index in [1.54, 1.807) is 45.0 Å². The molecule has 0 bridgehead atoms. The van der Waals surface area contributed by atoms with Gasteiger partial charge in [0, 0.05) is 11.4 Å². The van der Waals surface area contributed by atoms with Crippen molar-refractivity contribution in [1.82, 2.24) is 9.97 Å². The zero-order valence-corrected chi connectivity index (χ0v) is 14.5. The summed E-state index contributed by atoms with van der Waals surface area (Å²) in [5.41, 5.74) is -0.0403. The van der Waals surface area contributed by atoms with Crippen LogP contribution >= 0.6 is 11.6 Å². The molecule has 25 heavy (non-hydrogen) atoms. The van der Waals surface area contributed by atoms with Crippen molar-refractivity contribution >= 4 is 40.6 Å². The molecule has 0 spiro atoms. The number of hydrogen-bond acceptors (Lipinski definition) is 7. The van der Waals surface area contributed by atoms with E-state index in [2.05, 4.69) is 20.6 Å². The van der Waals surface area contributed by atoms with Crippen LogP contribution in [-0.2, 0) is 4.74 Å². The molecule has 132 valence electrons. The molecule has 0 atom stereocenters. The van der Waals surface area contributed by atoms with E-state index in [1.807, 2.05) is 0 Å². The van der Waals surface area contributed by atoms with E-state index in [4.69, 9.17) is 16.3 Å². The van der Waals surface area contributed by atoms with Crippen LogP contribution in [-0.4, -0.2) is 26.6 Å². The summed E-state index contributed by atoms with van der Waals surface area (Å²) >= 11 is 5.69. The number of nitro groups is 1. The van der Waals surface area contributed by atoms with Crippen molar-refractivity contribution in [3.63, 3.8) is 0 Å². The summed E-state index contributed by atoms with van der Waals surface area (Å²) in [5.74, 6) is -0.0561. The number of nitrogens with one attached hydrogen (secondary N) is 2. The zero-order chi connectivity index (χ0) is 18.6. The Labute approximate surface area is 148 Å². The van der Waals surface area contributed by atoms with Gasteiger partial charge in [-0.2, -0.15) is 4.98 Å². The highest BCUT2D eigenvalue weighted by atomic mass is 35.5. The second kappa shape index (κ2) is 7.31. The van der Waals surface area contributed by atoms with Gasteiger partial charge in [-0.3, -0.25) is 15.4 Å². The molecule has 0 fully saturated rings. The van der Waals surface area contributed by atoms with Gasteiger partial charge in [-0.05, 0) is 50.6 Å². The number of benzene rings is 1. The fourth-order valence-corrected chi connectivity index (χ4v) is 1.95. The maximum atomic E-state index is 11.8. The van der Waals surface area contributed by atoms with E-state index in [9.17, 15) is 14.9 Å². The van der Waals surface area contributed by atoms with E-state index in [0.29, 0.717) is 11.4 Å². The topological polar surface area (TPSA) is 119 Å². The predicted molar refractivity (Wildman–Crippen MR) is 93.3 cm³/mol. The normalized spacial score (nSPS) is 10.9. The van der Waals surface area contributed by atoms with Crippen LogP contribution in [0.15, 0.2) is 30.5 Å². The largest absolute Gasteiger partial charge is 0.444 e. The van der Waals surface area contributed by atoms with Crippen molar-refractivity contribution in [2.24, 2.45) is 0 Å². The summed E-state index contributed by atoms with van der Waals surface area (Å²) in [6.45, 7) is 5.26. The monoisotopic (exact) mass is 365 g/mol. The minimum absolute atomic E-state index is 0.0561. The molecular weight excluding hydrogens is 350 g/mol. The van der Waals surface area contributed by atoms with Crippen LogP contribution < -0.4 is 10.6 Å². The molecule has 0 radical (unpaired) electrons. The Bertz CT molecular complexity index is 807. The number of carbonyl (C=O) groups excluding carboxylic acids is 1. The number of amides is 1. The van der Waals surface area contributed by atoms with Crippen LogP contribution in [0.1, 0.15) is 20.8 Å². The van der Waals surface area contributed by atoms with E-state index in [-0.39, 0.29) is 16.8 Å². The molecule has 2 rings (SSSR count). The van der Waals surface area contributed by atoms with Crippen molar-refractivity contribution in [1.29, 1.82) is 0 Å². The highest BCUT2D eigenvalue weighted by molar-refractivity contribution is 6.28. The van der Waals surface area contributed by atoms with Gasteiger partial charge in [0.1, 0.15) is 11.8 Å². The fraction of sp³-hybridized carbons (Fsp3) is 0.267. The lowest BCUT2D eigenvalue weighted by Gasteiger charge is -2.19. The van der Waals surface area contributed by atoms with Crippen LogP contribution in [0.5, 0.6) is 0 Å². The number of ether oxygens (including phenoxy) is 1. The molecule has 2 N–H and O–H groups in total. The second-order valence-corrected chi connectivity index (χ2v) is 6.30. The van der Waals surface area contributed by atoms with Crippen molar-refractivity contribution in [2.45, 2.75) is 26.4 Å². The van der Waals surface area contributed by atoms with E-state index >= 15 is 0 Å². The van der Waals surface area contributed by atoms with Gasteiger partial charge in [0.2, 0.25) is 11.1 Å². The average molecular weight is 366 g/mol. The van der Waals surface area contributed by atoms with Crippen LogP contribution in [0.3, 0.4) is 0 Å². The molecule has 0 aliphatic rings. The molecule has 10 heteroatoms. The van der Waals surface area contributed by atoms with Gasteiger partial charge in [-0.15, -0.1) is 0 Å². The first-order chi connectivity index (χ1) is 11.6. The minimum atomic E-state index is -0.627. The molecule has 9 nitrogen and oxygen atoms in total. The van der Waals surface area contributed by atoms with Crippen molar-refractivity contribution in [2.75, 3.05) is 10.6 Å². The Kier molecular flexibility index (Phi) is 5.38. The number of halogens is 1. The lowest BCUT2D eigenvalue weighted by Crippen LogP contribution is -2.27. The molecule has 0 aliphatic carbocycles. The number of rotatable bonds is 4. The lowest BCUT2D eigenvalue weighted by atomic mass is 10.2. The Balaban J connectivity index is 2.19. The third-order valence-electron chi connectivity index (χ3n) is 2.71. The van der Waals surface area contributed by atoms with Gasteiger partial charge >= 0.3 is 11.8 Å². The Morgan fingerprint density at radius 1 is 1.32 bits per heavy atom. The molecule has 2 aromatic rings. The van der Waals surface area contributed by atoms with Gasteiger partial charge in [-0.25, -0.2) is 9.78 Å². The summed E-state index contributed by atoms with van der Waals surface area (Å²) in [6.07, 6.45) is 0.404. The number of aromatic nitrogens is 2. The van der Waals surface area contributed by atoms with Crippen LogP contribution in [0.25, 0.3) is 0 Å². The quantitative estimate of drug-likeness (QED) is 0.474. The van der Waals surface area contributed by atoms with Crippen molar-refractivity contribution < 1.29 is 14.5 Å². The van der Waals surface area contributed by atoms with Crippen molar-refractivity contribution in [3.05, 3.63) is 45.9 Å². The van der Waals surface area contributed by atoms with Crippen LogP contribution in [0, 0.1) is 10.1 Å². The predicted octanol–water partition coefficient (Wildman–Crippen LogP) is 4.13. The second-order valence-electron chi connectivity index (χ2n) is 5.96. The van der Waals surface area contributed by atoms with E-state index in [1.165, 1.54) is 0 Å². The van der Waals surface area contributed by atoms with Gasteiger partial charge in [-0.1, -0.05) is 6.07 Å². The fourth-order valence-electron chi connectivity index (χ4n) is 1.81. The zero-order valence-electron chi connectivity index (χ0n) is 13.7. The van der Waals surface area contributed by atoms with Crippen molar-refractivity contribution in [3.8, 4) is 0 Å². The lowest BCUT2D eigenvalue weighted by molar-refractivity contribution is -0.384. The van der Waals surface area contributed by atoms with Gasteiger partial charge in [0.25, 0.3) is 0 Å². The average Bonchev–Trinajstić information content (AvgIpc) is 2.45. The molecule has 1 amide bonds. The standard InChI is InChI=1S/C15H16ClN5O4/c1-15(2,3)25-14(22)19-10-6-4-5-9(7-10)18-12-11(21(23)24)8-17-13(16)20-12/h4-8H,1-3H3,(H,19,22)(H,17,18,20). The SMILES string of the molecule is CC(C)(C)OC(=O)Nc1cccc(Nc2nc(Cl)ncc2[N+](=O)[O-])c1. The summed E-state index contributed by atoms with van der Waals surface area (Å²) < 4.78 is 5.17. The third-order valence-corrected chi connectivity index (χ3v) is 2.89. The Morgan fingerprint density at radius 2 is 2.00 bits per heavy atom. The Morgan fingerprint density at radius 3 is 2.64 bits per heavy atom. The van der Waals surface area contributed by atoms with Gasteiger partial charge in [0.15, 0.2) is 0 Å². The highest BCUT2D eigenvalue weighted by Crippen LogP contribution is 2.27. The maximum absolute atomic E-state index is 11.8. The molecule has 1 aromatic carbocycles. The van der Waals surface area contributed by atoms with Gasteiger partial charge in [0.05, 0.1) is 4.92 Å². The summed E-state index contributed by atoms with van der Waals surface area (Å²) in [7, 11) is 0. The summed E-state index contributed by atoms with van der Waals surface area (Å²) in [5, 5.41) is 16.3. The third kappa shape index (κ3) is 5.57. The number of carbonyl (C=O) groups is 1. The van der Waals surface area contributed by atoms with E-state index < -0.39 is 16.6 Å². The molecule has 0 saturated carbocycles. The smallest absolute Gasteiger partial charge is 0.412 e. The maximum Gasteiger partial charge on any atom is 0.412 e.